The molecule has 0 saturated carbocycles. The van der Waals surface area contributed by atoms with Gasteiger partial charge in [-0.15, -0.1) is 0 Å². The fourth-order valence-electron chi connectivity index (χ4n) is 3.51. The Hall–Kier alpha value is -1.10. The highest BCUT2D eigenvalue weighted by Gasteiger charge is 2.22. The van der Waals surface area contributed by atoms with E-state index in [1.807, 2.05) is 4.90 Å². The molecule has 5 nitrogen and oxygen atoms in total. The van der Waals surface area contributed by atoms with E-state index in [9.17, 15) is 9.59 Å². The molecule has 2 N–H and O–H groups in total. The summed E-state index contributed by atoms with van der Waals surface area (Å²) in [4.78, 5) is 25.9. The van der Waals surface area contributed by atoms with E-state index >= 15 is 0 Å². The normalized spacial score (nSPS) is 23.9. The van der Waals surface area contributed by atoms with Crippen LogP contribution in [0.3, 0.4) is 0 Å². The maximum absolute atomic E-state index is 12.0. The molecule has 2 saturated heterocycles. The fraction of sp³-hybridized carbons (Fsp3) is 0.882. The third-order valence-electron chi connectivity index (χ3n) is 5.02. The van der Waals surface area contributed by atoms with Gasteiger partial charge in [0.2, 0.25) is 11.8 Å². The lowest BCUT2D eigenvalue weighted by Gasteiger charge is -2.28. The van der Waals surface area contributed by atoms with Crippen LogP contribution >= 0.6 is 0 Å². The average molecular weight is 309 g/mol. The van der Waals surface area contributed by atoms with Gasteiger partial charge in [0.05, 0.1) is 0 Å². The smallest absolute Gasteiger partial charge is 0.224 e. The first kappa shape index (κ1) is 17.3. The fourth-order valence-corrected chi connectivity index (χ4v) is 3.51. The van der Waals surface area contributed by atoms with Crippen molar-refractivity contribution in [2.24, 2.45) is 11.8 Å². The molecule has 2 heterocycles. The van der Waals surface area contributed by atoms with Gasteiger partial charge in [0.15, 0.2) is 0 Å². The van der Waals surface area contributed by atoms with Crippen molar-refractivity contribution < 1.29 is 9.59 Å². The molecule has 0 spiro atoms. The van der Waals surface area contributed by atoms with Crippen LogP contribution in [0.4, 0.5) is 0 Å². The second-order valence-corrected chi connectivity index (χ2v) is 6.83. The lowest BCUT2D eigenvalue weighted by atomic mass is 9.85. The minimum absolute atomic E-state index is 0.0875. The summed E-state index contributed by atoms with van der Waals surface area (Å²) in [5.41, 5.74) is 0. The van der Waals surface area contributed by atoms with Crippen LogP contribution in [0.15, 0.2) is 0 Å². The zero-order chi connectivity index (χ0) is 15.8. The van der Waals surface area contributed by atoms with Crippen molar-refractivity contribution in [1.29, 1.82) is 0 Å². The molecule has 0 bridgehead atoms. The summed E-state index contributed by atoms with van der Waals surface area (Å²) >= 11 is 0. The molecule has 0 radical (unpaired) electrons. The van der Waals surface area contributed by atoms with Gasteiger partial charge in [-0.2, -0.15) is 0 Å². The third-order valence-corrected chi connectivity index (χ3v) is 5.02. The molecule has 2 atom stereocenters. The molecule has 2 aliphatic rings. The van der Waals surface area contributed by atoms with Crippen LogP contribution in [0.5, 0.6) is 0 Å². The largest absolute Gasteiger partial charge is 0.356 e. The first-order chi connectivity index (χ1) is 10.7. The standard InChI is InChI=1S/C17H31N3O2/c1-14(15-6-5-8-18-13-15)12-16(21)19-9-7-17(22)20-10-3-2-4-11-20/h14-15,18H,2-13H2,1H3,(H,19,21). The summed E-state index contributed by atoms with van der Waals surface area (Å²) in [5, 5.41) is 6.32. The number of nitrogens with one attached hydrogen (secondary N) is 2. The number of amides is 2. The third kappa shape index (κ3) is 5.59. The summed E-state index contributed by atoms with van der Waals surface area (Å²) < 4.78 is 0. The number of hydrogen-bond acceptors (Lipinski definition) is 3. The molecule has 2 fully saturated rings. The van der Waals surface area contributed by atoms with E-state index < -0.39 is 0 Å². The van der Waals surface area contributed by atoms with Crippen LogP contribution in [-0.4, -0.2) is 49.4 Å². The number of carbonyl (C=O) groups is 2. The molecule has 22 heavy (non-hydrogen) atoms. The van der Waals surface area contributed by atoms with Gasteiger partial charge in [-0.05, 0) is 57.0 Å². The topological polar surface area (TPSA) is 61.4 Å². The number of rotatable bonds is 6. The summed E-state index contributed by atoms with van der Waals surface area (Å²) in [5.74, 6) is 1.29. The molecular formula is C17H31N3O2. The van der Waals surface area contributed by atoms with Crippen LogP contribution in [0, 0.1) is 11.8 Å². The Kier molecular flexibility index (Phi) is 7.16. The Morgan fingerprint density at radius 3 is 2.68 bits per heavy atom. The Bertz CT molecular complexity index is 361. The van der Waals surface area contributed by atoms with E-state index in [-0.39, 0.29) is 11.8 Å². The molecule has 2 aliphatic heterocycles. The molecule has 2 amide bonds. The second kappa shape index (κ2) is 9.13. The Morgan fingerprint density at radius 1 is 1.23 bits per heavy atom. The minimum Gasteiger partial charge on any atom is -0.356 e. The number of likely N-dealkylation sites (tertiary alicyclic amines) is 1. The Morgan fingerprint density at radius 2 is 2.00 bits per heavy atom. The summed E-state index contributed by atoms with van der Waals surface area (Å²) in [6.45, 7) is 6.55. The Balaban J connectivity index is 1.59. The number of carbonyl (C=O) groups excluding carboxylic acids is 2. The quantitative estimate of drug-likeness (QED) is 0.782. The average Bonchev–Trinajstić information content (AvgIpc) is 2.56. The van der Waals surface area contributed by atoms with Gasteiger partial charge in [-0.1, -0.05) is 6.92 Å². The van der Waals surface area contributed by atoms with Gasteiger partial charge in [-0.3, -0.25) is 9.59 Å². The Labute approximate surface area is 134 Å². The van der Waals surface area contributed by atoms with Crippen LogP contribution in [0.25, 0.3) is 0 Å². The van der Waals surface area contributed by atoms with Gasteiger partial charge >= 0.3 is 0 Å². The molecule has 126 valence electrons. The molecule has 5 heteroatoms. The lowest BCUT2D eigenvalue weighted by molar-refractivity contribution is -0.132. The minimum atomic E-state index is 0.0875. The molecule has 0 aromatic rings. The molecule has 2 unspecified atom stereocenters. The lowest BCUT2D eigenvalue weighted by Crippen LogP contribution is -2.38. The number of piperidine rings is 2. The monoisotopic (exact) mass is 309 g/mol. The molecule has 2 rings (SSSR count). The molecule has 0 aromatic carbocycles. The van der Waals surface area contributed by atoms with Gasteiger partial charge in [0, 0.05) is 32.5 Å². The molecule has 0 aromatic heterocycles. The SMILES string of the molecule is CC(CC(=O)NCCC(=O)N1CCCCC1)C1CCCNC1. The van der Waals surface area contributed by atoms with E-state index in [1.165, 1.54) is 19.3 Å². The van der Waals surface area contributed by atoms with Crippen molar-refractivity contribution in [1.82, 2.24) is 15.5 Å². The number of nitrogens with zero attached hydrogens (tertiary/aromatic N) is 1. The van der Waals surface area contributed by atoms with E-state index in [1.54, 1.807) is 0 Å². The highest BCUT2D eigenvalue weighted by molar-refractivity contribution is 5.79. The molecular weight excluding hydrogens is 278 g/mol. The van der Waals surface area contributed by atoms with E-state index in [0.717, 1.165) is 39.0 Å². The van der Waals surface area contributed by atoms with Crippen LogP contribution in [0.1, 0.15) is 51.9 Å². The van der Waals surface area contributed by atoms with Crippen molar-refractivity contribution in [2.45, 2.75) is 51.9 Å². The van der Waals surface area contributed by atoms with Crippen molar-refractivity contribution in [3.05, 3.63) is 0 Å². The van der Waals surface area contributed by atoms with Crippen molar-refractivity contribution >= 4 is 11.8 Å². The second-order valence-electron chi connectivity index (χ2n) is 6.83. The van der Waals surface area contributed by atoms with Crippen molar-refractivity contribution in [3.63, 3.8) is 0 Å². The van der Waals surface area contributed by atoms with Gasteiger partial charge in [0.25, 0.3) is 0 Å². The number of hydrogen-bond donors (Lipinski definition) is 2. The predicted molar refractivity (Wildman–Crippen MR) is 87.4 cm³/mol. The van der Waals surface area contributed by atoms with E-state index in [2.05, 4.69) is 17.6 Å². The highest BCUT2D eigenvalue weighted by Crippen LogP contribution is 2.22. The van der Waals surface area contributed by atoms with Crippen molar-refractivity contribution in [2.75, 3.05) is 32.7 Å². The van der Waals surface area contributed by atoms with E-state index in [0.29, 0.717) is 31.2 Å². The van der Waals surface area contributed by atoms with E-state index in [4.69, 9.17) is 0 Å². The van der Waals surface area contributed by atoms with Gasteiger partial charge in [-0.25, -0.2) is 0 Å². The predicted octanol–water partition coefficient (Wildman–Crippen LogP) is 1.53. The maximum atomic E-state index is 12.0. The summed E-state index contributed by atoms with van der Waals surface area (Å²) in [6, 6.07) is 0. The molecule has 0 aliphatic carbocycles. The zero-order valence-corrected chi connectivity index (χ0v) is 13.9. The summed E-state index contributed by atoms with van der Waals surface area (Å²) in [6.07, 6.45) is 6.90. The zero-order valence-electron chi connectivity index (χ0n) is 13.9. The highest BCUT2D eigenvalue weighted by atomic mass is 16.2. The van der Waals surface area contributed by atoms with Crippen LogP contribution in [0.2, 0.25) is 0 Å². The maximum Gasteiger partial charge on any atom is 0.224 e. The first-order valence-electron chi connectivity index (χ1n) is 8.92. The van der Waals surface area contributed by atoms with Crippen LogP contribution < -0.4 is 10.6 Å². The van der Waals surface area contributed by atoms with Crippen molar-refractivity contribution in [3.8, 4) is 0 Å². The van der Waals surface area contributed by atoms with Gasteiger partial charge in [0.1, 0.15) is 0 Å². The van der Waals surface area contributed by atoms with Crippen LogP contribution in [-0.2, 0) is 9.59 Å². The van der Waals surface area contributed by atoms with Gasteiger partial charge < -0.3 is 15.5 Å². The first-order valence-corrected chi connectivity index (χ1v) is 8.92. The summed E-state index contributed by atoms with van der Waals surface area (Å²) in [7, 11) is 0.